The second-order valence-corrected chi connectivity index (χ2v) is 7.19. The molecule has 0 bridgehead atoms. The van der Waals surface area contributed by atoms with Crippen molar-refractivity contribution < 1.29 is 24.2 Å². The van der Waals surface area contributed by atoms with Crippen LogP contribution in [0.5, 0.6) is 0 Å². The Balaban J connectivity index is 1.49. The van der Waals surface area contributed by atoms with Gasteiger partial charge in [0.25, 0.3) is 0 Å². The highest BCUT2D eigenvalue weighted by atomic mass is 16.5. The highest BCUT2D eigenvalue weighted by molar-refractivity contribution is 5.81. The number of carbonyl (C=O) groups is 3. The summed E-state index contributed by atoms with van der Waals surface area (Å²) in [6.45, 7) is 1.87. The van der Waals surface area contributed by atoms with Crippen LogP contribution in [0.15, 0.2) is 48.5 Å². The summed E-state index contributed by atoms with van der Waals surface area (Å²) in [6, 6.07) is 16.2. The molecule has 152 valence electrons. The molecule has 0 saturated heterocycles. The van der Waals surface area contributed by atoms with E-state index in [1.54, 1.807) is 6.92 Å². The highest BCUT2D eigenvalue weighted by Crippen LogP contribution is 2.44. The minimum Gasteiger partial charge on any atom is -0.480 e. The van der Waals surface area contributed by atoms with Crippen LogP contribution in [0.3, 0.4) is 0 Å². The smallest absolute Gasteiger partial charge is 0.407 e. The molecule has 0 radical (unpaired) electrons. The number of benzene rings is 2. The maximum Gasteiger partial charge on any atom is 0.407 e. The molecular formula is C22H24N2O5. The van der Waals surface area contributed by atoms with Gasteiger partial charge in [-0.05, 0) is 28.2 Å². The molecule has 1 aliphatic carbocycles. The Morgan fingerprint density at radius 3 is 2.17 bits per heavy atom. The Morgan fingerprint density at radius 1 is 1.00 bits per heavy atom. The molecule has 0 saturated carbocycles. The van der Waals surface area contributed by atoms with Gasteiger partial charge in [-0.2, -0.15) is 0 Å². The van der Waals surface area contributed by atoms with Gasteiger partial charge >= 0.3 is 12.1 Å². The SMILES string of the molecule is CC(CNC(=O)OCC1c2ccccc2-c2ccccc21)CC(=O)NCC(=O)O. The van der Waals surface area contributed by atoms with Crippen molar-refractivity contribution in [2.45, 2.75) is 19.3 Å². The van der Waals surface area contributed by atoms with Crippen LogP contribution in [0.1, 0.15) is 30.4 Å². The van der Waals surface area contributed by atoms with Crippen molar-refractivity contribution in [2.24, 2.45) is 5.92 Å². The van der Waals surface area contributed by atoms with Crippen molar-refractivity contribution in [2.75, 3.05) is 19.7 Å². The maximum absolute atomic E-state index is 12.1. The maximum atomic E-state index is 12.1. The van der Waals surface area contributed by atoms with Gasteiger partial charge in [-0.1, -0.05) is 55.5 Å². The van der Waals surface area contributed by atoms with Crippen LogP contribution in [0, 0.1) is 5.92 Å². The summed E-state index contributed by atoms with van der Waals surface area (Å²) in [4.78, 5) is 34.2. The van der Waals surface area contributed by atoms with Gasteiger partial charge in [0.1, 0.15) is 13.2 Å². The van der Waals surface area contributed by atoms with Crippen LogP contribution >= 0.6 is 0 Å². The van der Waals surface area contributed by atoms with Crippen LogP contribution in [0.2, 0.25) is 0 Å². The van der Waals surface area contributed by atoms with Gasteiger partial charge in [-0.3, -0.25) is 9.59 Å². The van der Waals surface area contributed by atoms with E-state index >= 15 is 0 Å². The summed E-state index contributed by atoms with van der Waals surface area (Å²) in [5, 5.41) is 13.5. The molecule has 0 heterocycles. The first-order valence-electron chi connectivity index (χ1n) is 9.53. The second kappa shape index (κ2) is 9.23. The second-order valence-electron chi connectivity index (χ2n) is 7.19. The molecule has 2 aromatic carbocycles. The van der Waals surface area contributed by atoms with E-state index in [1.165, 1.54) is 0 Å². The number of amides is 2. The largest absolute Gasteiger partial charge is 0.480 e. The number of hydrogen-bond donors (Lipinski definition) is 3. The third-order valence-corrected chi connectivity index (χ3v) is 4.91. The lowest BCUT2D eigenvalue weighted by Gasteiger charge is -2.16. The van der Waals surface area contributed by atoms with Crippen LogP contribution < -0.4 is 10.6 Å². The molecule has 3 rings (SSSR count). The van der Waals surface area contributed by atoms with Gasteiger partial charge in [0.2, 0.25) is 5.91 Å². The van der Waals surface area contributed by atoms with E-state index in [0.29, 0.717) is 0 Å². The number of alkyl carbamates (subject to hydrolysis) is 1. The molecule has 2 aromatic rings. The molecule has 3 N–H and O–H groups in total. The van der Waals surface area contributed by atoms with Crippen LogP contribution in [0.4, 0.5) is 4.79 Å². The molecule has 0 aromatic heterocycles. The van der Waals surface area contributed by atoms with Gasteiger partial charge in [0, 0.05) is 18.9 Å². The first kappa shape index (κ1) is 20.4. The van der Waals surface area contributed by atoms with Gasteiger partial charge < -0.3 is 20.5 Å². The number of carbonyl (C=O) groups excluding carboxylic acids is 2. The van der Waals surface area contributed by atoms with Gasteiger partial charge in [0.05, 0.1) is 0 Å². The molecule has 0 fully saturated rings. The third-order valence-electron chi connectivity index (χ3n) is 4.91. The standard InChI is InChI=1S/C22H24N2O5/c1-14(10-20(25)23-12-21(26)27)11-24-22(28)29-13-19-17-8-4-2-6-15(17)16-7-3-5-9-18(16)19/h2-9,14,19H,10-13H2,1H3,(H,23,25)(H,24,28)(H,26,27). The Kier molecular flexibility index (Phi) is 6.49. The molecule has 29 heavy (non-hydrogen) atoms. The van der Waals surface area contributed by atoms with Gasteiger partial charge in [-0.25, -0.2) is 4.79 Å². The van der Waals surface area contributed by atoms with Crippen molar-refractivity contribution >= 4 is 18.0 Å². The quantitative estimate of drug-likeness (QED) is 0.636. The third kappa shape index (κ3) is 5.13. The number of aliphatic carboxylic acids is 1. The number of nitrogens with one attached hydrogen (secondary N) is 2. The summed E-state index contributed by atoms with van der Waals surface area (Å²) >= 11 is 0. The lowest BCUT2D eigenvalue weighted by Crippen LogP contribution is -2.34. The fourth-order valence-corrected chi connectivity index (χ4v) is 3.54. The summed E-state index contributed by atoms with van der Waals surface area (Å²) < 4.78 is 5.45. The van der Waals surface area contributed by atoms with E-state index in [2.05, 4.69) is 34.9 Å². The first-order valence-corrected chi connectivity index (χ1v) is 9.53. The van der Waals surface area contributed by atoms with E-state index in [-0.39, 0.29) is 37.3 Å². The van der Waals surface area contributed by atoms with Gasteiger partial charge in [0.15, 0.2) is 0 Å². The van der Waals surface area contributed by atoms with E-state index in [1.807, 2.05) is 24.3 Å². The summed E-state index contributed by atoms with van der Waals surface area (Å²) in [6.07, 6.45) is -0.415. The van der Waals surface area contributed by atoms with Crippen molar-refractivity contribution in [3.05, 3.63) is 59.7 Å². The van der Waals surface area contributed by atoms with Crippen molar-refractivity contribution in [3.8, 4) is 11.1 Å². The fraction of sp³-hybridized carbons (Fsp3) is 0.318. The normalized spacial score (nSPS) is 13.1. The number of carboxylic acids is 1. The molecule has 1 aliphatic rings. The molecule has 7 heteroatoms. The molecule has 7 nitrogen and oxygen atoms in total. The minimum atomic E-state index is -1.09. The predicted octanol–water partition coefficient (Wildman–Crippen LogP) is 2.75. The van der Waals surface area contributed by atoms with Crippen molar-refractivity contribution in [3.63, 3.8) is 0 Å². The van der Waals surface area contributed by atoms with E-state index in [4.69, 9.17) is 9.84 Å². The number of rotatable bonds is 8. The first-order chi connectivity index (χ1) is 14.0. The van der Waals surface area contributed by atoms with E-state index in [9.17, 15) is 14.4 Å². The zero-order valence-electron chi connectivity index (χ0n) is 16.2. The Labute approximate surface area is 169 Å². The van der Waals surface area contributed by atoms with Crippen LogP contribution in [0.25, 0.3) is 11.1 Å². The lowest BCUT2D eigenvalue weighted by molar-refractivity contribution is -0.138. The van der Waals surface area contributed by atoms with Crippen LogP contribution in [-0.4, -0.2) is 42.8 Å². The molecule has 0 aliphatic heterocycles. The predicted molar refractivity (Wildman–Crippen MR) is 107 cm³/mol. The zero-order valence-corrected chi connectivity index (χ0v) is 16.2. The summed E-state index contributed by atoms with van der Waals surface area (Å²) in [7, 11) is 0. The van der Waals surface area contributed by atoms with E-state index < -0.39 is 18.6 Å². The number of fused-ring (bicyclic) bond motifs is 3. The average molecular weight is 396 g/mol. The highest BCUT2D eigenvalue weighted by Gasteiger charge is 2.29. The number of ether oxygens (including phenoxy) is 1. The number of hydrogen-bond acceptors (Lipinski definition) is 4. The number of carboxylic acid groups (broad SMARTS) is 1. The molecular weight excluding hydrogens is 372 g/mol. The Hall–Kier alpha value is -3.35. The van der Waals surface area contributed by atoms with Gasteiger partial charge in [-0.15, -0.1) is 0 Å². The molecule has 0 spiro atoms. The lowest BCUT2D eigenvalue weighted by atomic mass is 9.98. The Morgan fingerprint density at radius 2 is 1.59 bits per heavy atom. The summed E-state index contributed by atoms with van der Waals surface area (Å²) in [5.74, 6) is -1.62. The van der Waals surface area contributed by atoms with E-state index in [0.717, 1.165) is 22.3 Å². The van der Waals surface area contributed by atoms with Crippen molar-refractivity contribution in [1.82, 2.24) is 10.6 Å². The Bertz CT molecular complexity index is 866. The zero-order chi connectivity index (χ0) is 20.8. The monoisotopic (exact) mass is 396 g/mol. The molecule has 1 unspecified atom stereocenters. The topological polar surface area (TPSA) is 105 Å². The summed E-state index contributed by atoms with van der Waals surface area (Å²) in [5.41, 5.74) is 4.62. The van der Waals surface area contributed by atoms with Crippen molar-refractivity contribution in [1.29, 1.82) is 0 Å². The fourth-order valence-electron chi connectivity index (χ4n) is 3.54. The average Bonchev–Trinajstić information content (AvgIpc) is 3.03. The van der Waals surface area contributed by atoms with Crippen LogP contribution in [-0.2, 0) is 14.3 Å². The molecule has 2 amide bonds. The minimum absolute atomic E-state index is 0.00706. The molecule has 1 atom stereocenters.